The Hall–Kier alpha value is -3.06. The van der Waals surface area contributed by atoms with Crippen molar-refractivity contribution in [2.24, 2.45) is 5.73 Å². The second kappa shape index (κ2) is 5.98. The van der Waals surface area contributed by atoms with E-state index in [1.54, 1.807) is 6.07 Å². The number of Topliss-reactive ketones (excluding diaryl/α,β-unsaturated/α-hetero) is 1. The van der Waals surface area contributed by atoms with Crippen molar-refractivity contribution in [2.75, 3.05) is 0 Å². The Morgan fingerprint density at radius 3 is 2.61 bits per heavy atom. The Morgan fingerprint density at radius 2 is 1.91 bits per heavy atom. The van der Waals surface area contributed by atoms with Gasteiger partial charge in [-0.15, -0.1) is 0 Å². The highest BCUT2D eigenvalue weighted by atomic mass is 16.5. The average Bonchev–Trinajstić information content (AvgIpc) is 2.55. The van der Waals surface area contributed by atoms with Crippen LogP contribution in [0.1, 0.15) is 33.8 Å². The predicted molar refractivity (Wildman–Crippen MR) is 86.8 cm³/mol. The third kappa shape index (κ3) is 2.82. The third-order valence-electron chi connectivity index (χ3n) is 4.01. The van der Waals surface area contributed by atoms with Crippen LogP contribution in [0.3, 0.4) is 0 Å². The van der Waals surface area contributed by atoms with E-state index in [4.69, 9.17) is 10.5 Å². The quantitative estimate of drug-likeness (QED) is 0.881. The molecule has 1 atom stereocenters. The number of ether oxygens (including phenoxy) is 1. The van der Waals surface area contributed by atoms with Gasteiger partial charge >= 0.3 is 0 Å². The number of allylic oxidation sites excluding steroid dienone is 1. The van der Waals surface area contributed by atoms with Gasteiger partial charge in [0.15, 0.2) is 5.78 Å². The van der Waals surface area contributed by atoms with Crippen molar-refractivity contribution < 1.29 is 9.53 Å². The van der Waals surface area contributed by atoms with Crippen LogP contribution >= 0.6 is 0 Å². The molecule has 0 bridgehead atoms. The van der Waals surface area contributed by atoms with Gasteiger partial charge in [0.05, 0.1) is 5.57 Å². The zero-order chi connectivity index (χ0) is 16.4. The van der Waals surface area contributed by atoms with E-state index in [2.05, 4.69) is 6.07 Å². The molecule has 0 saturated heterocycles. The summed E-state index contributed by atoms with van der Waals surface area (Å²) < 4.78 is 5.49. The Bertz CT molecular complexity index is 829. The van der Waals surface area contributed by atoms with E-state index in [0.29, 0.717) is 16.9 Å². The van der Waals surface area contributed by atoms with E-state index < -0.39 is 0 Å². The van der Waals surface area contributed by atoms with Crippen molar-refractivity contribution in [2.45, 2.75) is 19.3 Å². The smallest absolute Gasteiger partial charge is 0.205 e. The fourth-order valence-electron chi connectivity index (χ4n) is 2.75. The molecule has 1 heterocycles. The molecule has 0 amide bonds. The van der Waals surface area contributed by atoms with Crippen molar-refractivity contribution in [1.29, 1.82) is 5.26 Å². The SMILES string of the molecule is Cc1ccc(C(=O)CC2C(C#N)=C(N)Oc3ccccc32)cc1. The van der Waals surface area contributed by atoms with Gasteiger partial charge in [0, 0.05) is 23.5 Å². The number of aryl methyl sites for hydroxylation is 1. The molecule has 2 aromatic carbocycles. The Balaban J connectivity index is 1.95. The number of para-hydroxylation sites is 1. The van der Waals surface area contributed by atoms with E-state index in [9.17, 15) is 10.1 Å². The molecule has 23 heavy (non-hydrogen) atoms. The van der Waals surface area contributed by atoms with E-state index in [1.165, 1.54) is 0 Å². The molecule has 0 aromatic heterocycles. The van der Waals surface area contributed by atoms with Crippen molar-refractivity contribution >= 4 is 5.78 Å². The van der Waals surface area contributed by atoms with Crippen molar-refractivity contribution in [3.63, 3.8) is 0 Å². The van der Waals surface area contributed by atoms with E-state index in [1.807, 2.05) is 49.4 Å². The fraction of sp³-hybridized carbons (Fsp3) is 0.158. The predicted octanol–water partition coefficient (Wildman–Crippen LogP) is 3.44. The van der Waals surface area contributed by atoms with Crippen molar-refractivity contribution in [3.05, 3.63) is 76.7 Å². The highest BCUT2D eigenvalue weighted by Gasteiger charge is 2.30. The molecule has 1 aliphatic heterocycles. The zero-order valence-corrected chi connectivity index (χ0v) is 12.7. The first kappa shape index (κ1) is 14.9. The molecular weight excluding hydrogens is 288 g/mol. The number of hydrogen-bond donors (Lipinski definition) is 1. The summed E-state index contributed by atoms with van der Waals surface area (Å²) in [5.74, 6) is 0.282. The molecule has 4 nitrogen and oxygen atoms in total. The van der Waals surface area contributed by atoms with Crippen LogP contribution in [0, 0.1) is 18.3 Å². The molecule has 0 radical (unpaired) electrons. The van der Waals surface area contributed by atoms with Crippen LogP contribution in [0.4, 0.5) is 0 Å². The second-order valence-electron chi connectivity index (χ2n) is 5.58. The number of ketones is 1. The fourth-order valence-corrected chi connectivity index (χ4v) is 2.75. The van der Waals surface area contributed by atoms with Gasteiger partial charge in [-0.1, -0.05) is 48.0 Å². The molecule has 0 aliphatic carbocycles. The summed E-state index contributed by atoms with van der Waals surface area (Å²) in [5, 5.41) is 9.40. The van der Waals surface area contributed by atoms with Gasteiger partial charge in [-0.05, 0) is 13.0 Å². The molecule has 0 saturated carbocycles. The van der Waals surface area contributed by atoms with Gasteiger partial charge in [-0.2, -0.15) is 5.26 Å². The first-order chi connectivity index (χ1) is 11.1. The molecule has 1 unspecified atom stereocenters. The van der Waals surface area contributed by atoms with E-state index >= 15 is 0 Å². The summed E-state index contributed by atoms with van der Waals surface area (Å²) in [7, 11) is 0. The van der Waals surface area contributed by atoms with E-state index in [0.717, 1.165) is 11.1 Å². The molecular formula is C19H16N2O2. The highest BCUT2D eigenvalue weighted by molar-refractivity contribution is 5.97. The number of nitrogens with two attached hydrogens (primary N) is 1. The number of fused-ring (bicyclic) bond motifs is 1. The van der Waals surface area contributed by atoms with Crippen molar-refractivity contribution in [3.8, 4) is 11.8 Å². The molecule has 2 N–H and O–H groups in total. The van der Waals surface area contributed by atoms with Gasteiger partial charge < -0.3 is 10.5 Å². The van der Waals surface area contributed by atoms with Crippen LogP contribution in [0.5, 0.6) is 5.75 Å². The van der Waals surface area contributed by atoms with Crippen LogP contribution in [0.25, 0.3) is 0 Å². The average molecular weight is 304 g/mol. The lowest BCUT2D eigenvalue weighted by Gasteiger charge is -2.25. The lowest BCUT2D eigenvalue weighted by atomic mass is 9.84. The van der Waals surface area contributed by atoms with Gasteiger partial charge in [0.2, 0.25) is 5.88 Å². The minimum absolute atomic E-state index is 0.0211. The maximum Gasteiger partial charge on any atom is 0.205 e. The van der Waals surface area contributed by atoms with Gasteiger partial charge in [0.25, 0.3) is 0 Å². The van der Waals surface area contributed by atoms with Crippen LogP contribution in [0.2, 0.25) is 0 Å². The summed E-state index contributed by atoms with van der Waals surface area (Å²) in [6, 6.07) is 16.9. The Morgan fingerprint density at radius 1 is 1.22 bits per heavy atom. The molecule has 4 heteroatoms. The monoisotopic (exact) mass is 304 g/mol. The maximum atomic E-state index is 12.6. The number of carbonyl (C=O) groups excluding carboxylic acids is 1. The normalized spacial score (nSPS) is 16.3. The number of rotatable bonds is 3. The molecule has 2 aromatic rings. The summed E-state index contributed by atoms with van der Waals surface area (Å²) in [6.07, 6.45) is 0.188. The summed E-state index contributed by atoms with van der Waals surface area (Å²) >= 11 is 0. The van der Waals surface area contributed by atoms with Crippen LogP contribution in [-0.4, -0.2) is 5.78 Å². The maximum absolute atomic E-state index is 12.6. The highest BCUT2D eigenvalue weighted by Crippen LogP contribution is 2.40. The molecule has 3 rings (SSSR count). The van der Waals surface area contributed by atoms with Gasteiger partial charge in [-0.25, -0.2) is 0 Å². The standard InChI is InChI=1S/C19H16N2O2/c1-12-6-8-13(9-7-12)17(22)10-15-14-4-2-3-5-18(14)23-19(21)16(15)11-20/h2-9,15H,10,21H2,1H3. The molecule has 1 aliphatic rings. The van der Waals surface area contributed by atoms with Crippen LogP contribution < -0.4 is 10.5 Å². The number of hydrogen-bond acceptors (Lipinski definition) is 4. The van der Waals surface area contributed by atoms with Crippen LogP contribution in [0.15, 0.2) is 60.0 Å². The molecule has 0 fully saturated rings. The topological polar surface area (TPSA) is 76.1 Å². The van der Waals surface area contributed by atoms with Crippen LogP contribution in [-0.2, 0) is 0 Å². The number of nitrogens with zero attached hydrogens (tertiary/aromatic N) is 1. The summed E-state index contributed by atoms with van der Waals surface area (Å²) in [6.45, 7) is 1.97. The Kier molecular flexibility index (Phi) is 3.86. The van der Waals surface area contributed by atoms with E-state index in [-0.39, 0.29) is 24.0 Å². The number of nitriles is 1. The Labute approximate surface area is 134 Å². The molecule has 0 spiro atoms. The summed E-state index contributed by atoms with van der Waals surface area (Å²) in [4.78, 5) is 12.6. The van der Waals surface area contributed by atoms with Gasteiger partial charge in [0.1, 0.15) is 11.8 Å². The zero-order valence-electron chi connectivity index (χ0n) is 12.7. The third-order valence-corrected chi connectivity index (χ3v) is 4.01. The number of benzene rings is 2. The van der Waals surface area contributed by atoms with Crippen molar-refractivity contribution in [1.82, 2.24) is 0 Å². The van der Waals surface area contributed by atoms with Gasteiger partial charge in [-0.3, -0.25) is 4.79 Å². The first-order valence-corrected chi connectivity index (χ1v) is 7.36. The second-order valence-corrected chi connectivity index (χ2v) is 5.58. The molecule has 114 valence electrons. The lowest BCUT2D eigenvalue weighted by molar-refractivity contribution is 0.0976. The summed E-state index contributed by atoms with van der Waals surface area (Å²) in [5.41, 5.74) is 8.71. The minimum atomic E-state index is -0.376. The largest absolute Gasteiger partial charge is 0.440 e. The number of carbonyl (C=O) groups is 1. The lowest BCUT2D eigenvalue weighted by Crippen LogP contribution is -2.22. The first-order valence-electron chi connectivity index (χ1n) is 7.36. The minimum Gasteiger partial charge on any atom is -0.440 e.